The molecule has 21 heavy (non-hydrogen) atoms. The number of hydrogen-bond acceptors (Lipinski definition) is 2. The van der Waals surface area contributed by atoms with E-state index in [9.17, 15) is 4.79 Å². The highest BCUT2D eigenvalue weighted by Crippen LogP contribution is 2.19. The number of nitrogens with one attached hydrogen (secondary N) is 1. The number of aromatic nitrogens is 2. The fourth-order valence-corrected chi connectivity index (χ4v) is 2.30. The molecule has 2 rings (SSSR count). The van der Waals surface area contributed by atoms with Crippen LogP contribution >= 0.6 is 11.6 Å². The third-order valence-electron chi connectivity index (χ3n) is 3.55. The topological polar surface area (TPSA) is 46.9 Å². The van der Waals surface area contributed by atoms with Gasteiger partial charge in [0.15, 0.2) is 0 Å². The summed E-state index contributed by atoms with van der Waals surface area (Å²) in [7, 11) is 0. The Hall–Kier alpha value is -1.81. The lowest BCUT2D eigenvalue weighted by Crippen LogP contribution is -2.34. The number of carbonyl (C=O) groups excluding carboxylic acids is 1. The number of carbonyl (C=O) groups is 1. The average Bonchev–Trinajstić information content (AvgIpc) is 2.91. The van der Waals surface area contributed by atoms with E-state index in [2.05, 4.69) is 41.6 Å². The number of hydrogen-bond donors (Lipinski definition) is 1. The Morgan fingerprint density at radius 2 is 2.05 bits per heavy atom. The van der Waals surface area contributed by atoms with Crippen molar-refractivity contribution >= 4 is 17.5 Å². The predicted octanol–water partition coefficient (Wildman–Crippen LogP) is 3.67. The molecule has 1 N–H and O–H groups in total. The molecule has 0 aliphatic rings. The van der Waals surface area contributed by atoms with Crippen molar-refractivity contribution in [2.75, 3.05) is 0 Å². The van der Waals surface area contributed by atoms with Crippen LogP contribution in [0.3, 0.4) is 0 Å². The van der Waals surface area contributed by atoms with Crippen LogP contribution in [0.25, 0.3) is 0 Å². The molecule has 0 spiro atoms. The van der Waals surface area contributed by atoms with Gasteiger partial charge in [-0.1, -0.05) is 48.4 Å². The van der Waals surface area contributed by atoms with Crippen molar-refractivity contribution in [1.29, 1.82) is 0 Å². The van der Waals surface area contributed by atoms with Crippen molar-refractivity contribution in [3.63, 3.8) is 0 Å². The van der Waals surface area contributed by atoms with Gasteiger partial charge in [0, 0.05) is 6.20 Å². The van der Waals surface area contributed by atoms with Crippen LogP contribution in [0.2, 0.25) is 5.02 Å². The molecule has 0 radical (unpaired) electrons. The van der Waals surface area contributed by atoms with E-state index in [0.29, 0.717) is 5.02 Å². The molecule has 1 heterocycles. The molecule has 1 amide bonds. The van der Waals surface area contributed by atoms with Gasteiger partial charge < -0.3 is 5.32 Å². The van der Waals surface area contributed by atoms with E-state index in [1.165, 1.54) is 11.8 Å². The van der Waals surface area contributed by atoms with Gasteiger partial charge >= 0.3 is 0 Å². The second-order valence-corrected chi connectivity index (χ2v) is 5.63. The molecular formula is C16H20ClN3O. The van der Waals surface area contributed by atoms with Crippen LogP contribution in [0.5, 0.6) is 0 Å². The Balaban J connectivity index is 2.07. The van der Waals surface area contributed by atoms with Gasteiger partial charge in [0.2, 0.25) is 5.91 Å². The second-order valence-electron chi connectivity index (χ2n) is 5.19. The van der Waals surface area contributed by atoms with Crippen molar-refractivity contribution in [3.8, 4) is 0 Å². The number of rotatable bonds is 5. The minimum Gasteiger partial charge on any atom is -0.347 e. The summed E-state index contributed by atoms with van der Waals surface area (Å²) in [4.78, 5) is 12.3. The zero-order valence-corrected chi connectivity index (χ0v) is 13.3. The van der Waals surface area contributed by atoms with Crippen LogP contribution in [-0.4, -0.2) is 15.7 Å². The maximum atomic E-state index is 12.3. The molecule has 0 fully saturated rings. The van der Waals surface area contributed by atoms with Gasteiger partial charge in [-0.2, -0.15) is 5.10 Å². The van der Waals surface area contributed by atoms with Gasteiger partial charge in [-0.25, -0.2) is 0 Å². The van der Waals surface area contributed by atoms with Crippen LogP contribution in [-0.2, 0) is 4.79 Å². The quantitative estimate of drug-likeness (QED) is 0.916. The van der Waals surface area contributed by atoms with Gasteiger partial charge in [-0.05, 0) is 25.8 Å². The summed E-state index contributed by atoms with van der Waals surface area (Å²) in [5.74, 6) is -0.0674. The normalized spacial score (nSPS) is 13.7. The maximum absolute atomic E-state index is 12.3. The van der Waals surface area contributed by atoms with Gasteiger partial charge in [0.05, 0.1) is 17.3 Å². The minimum absolute atomic E-state index is 0.00610. The first-order valence-corrected chi connectivity index (χ1v) is 7.45. The lowest BCUT2D eigenvalue weighted by atomic mass is 10.0. The fourth-order valence-electron chi connectivity index (χ4n) is 2.16. The van der Waals surface area contributed by atoms with Crippen molar-refractivity contribution in [2.24, 2.45) is 0 Å². The van der Waals surface area contributed by atoms with Gasteiger partial charge in [-0.3, -0.25) is 9.48 Å². The van der Waals surface area contributed by atoms with Crippen LogP contribution in [0.4, 0.5) is 0 Å². The van der Waals surface area contributed by atoms with Crippen molar-refractivity contribution in [3.05, 3.63) is 52.8 Å². The summed E-state index contributed by atoms with van der Waals surface area (Å²) in [6.07, 6.45) is 4.02. The van der Waals surface area contributed by atoms with E-state index >= 15 is 0 Å². The summed E-state index contributed by atoms with van der Waals surface area (Å²) in [6, 6.07) is 7.84. The Morgan fingerprint density at radius 1 is 1.38 bits per heavy atom. The molecule has 0 saturated carbocycles. The highest BCUT2D eigenvalue weighted by atomic mass is 35.5. The lowest BCUT2D eigenvalue weighted by Gasteiger charge is -2.20. The monoisotopic (exact) mass is 305 g/mol. The van der Waals surface area contributed by atoms with E-state index in [-0.39, 0.29) is 11.9 Å². The average molecular weight is 306 g/mol. The SMILES string of the molecule is CCC(NC(=O)C(C)n1cc(Cl)cn1)c1ccc(C)cc1. The second kappa shape index (κ2) is 6.76. The van der Waals surface area contributed by atoms with Crippen molar-refractivity contribution in [1.82, 2.24) is 15.1 Å². The molecule has 0 aliphatic carbocycles. The molecule has 2 atom stereocenters. The van der Waals surface area contributed by atoms with Gasteiger partial charge in [0.25, 0.3) is 0 Å². The van der Waals surface area contributed by atoms with E-state index < -0.39 is 6.04 Å². The van der Waals surface area contributed by atoms with Crippen LogP contribution in [0, 0.1) is 6.92 Å². The highest BCUT2D eigenvalue weighted by molar-refractivity contribution is 6.30. The molecule has 1 aromatic carbocycles. The fraction of sp³-hybridized carbons (Fsp3) is 0.375. The zero-order chi connectivity index (χ0) is 15.4. The van der Waals surface area contributed by atoms with E-state index in [1.807, 2.05) is 6.92 Å². The Labute approximate surface area is 130 Å². The molecule has 0 bridgehead atoms. The Kier molecular flexibility index (Phi) is 5.02. The molecule has 0 aliphatic heterocycles. The summed E-state index contributed by atoms with van der Waals surface area (Å²) >= 11 is 5.84. The van der Waals surface area contributed by atoms with Crippen molar-refractivity contribution in [2.45, 2.75) is 39.3 Å². The maximum Gasteiger partial charge on any atom is 0.245 e. The lowest BCUT2D eigenvalue weighted by molar-refractivity contribution is -0.124. The first kappa shape index (κ1) is 15.6. The van der Waals surface area contributed by atoms with E-state index in [1.54, 1.807) is 17.8 Å². The molecule has 2 aromatic rings. The molecule has 4 nitrogen and oxygen atoms in total. The third-order valence-corrected chi connectivity index (χ3v) is 3.75. The smallest absolute Gasteiger partial charge is 0.245 e. The number of halogens is 1. The van der Waals surface area contributed by atoms with Gasteiger partial charge in [0.1, 0.15) is 6.04 Å². The third kappa shape index (κ3) is 3.85. The number of benzene rings is 1. The predicted molar refractivity (Wildman–Crippen MR) is 84.3 cm³/mol. The van der Waals surface area contributed by atoms with Gasteiger partial charge in [-0.15, -0.1) is 0 Å². The van der Waals surface area contributed by atoms with Crippen LogP contribution < -0.4 is 5.32 Å². The van der Waals surface area contributed by atoms with Crippen molar-refractivity contribution < 1.29 is 4.79 Å². The molecule has 5 heteroatoms. The highest BCUT2D eigenvalue weighted by Gasteiger charge is 2.19. The Bertz CT molecular complexity index is 606. The number of nitrogens with zero attached hydrogens (tertiary/aromatic N) is 2. The Morgan fingerprint density at radius 3 is 2.57 bits per heavy atom. The first-order chi connectivity index (χ1) is 10.0. The summed E-state index contributed by atoms with van der Waals surface area (Å²) < 4.78 is 1.57. The molecule has 1 aromatic heterocycles. The standard InChI is InChI=1S/C16H20ClN3O/c1-4-15(13-7-5-11(2)6-8-13)19-16(21)12(3)20-10-14(17)9-18-20/h5-10,12,15H,4H2,1-3H3,(H,19,21). The van der Waals surface area contributed by atoms with E-state index in [4.69, 9.17) is 11.6 Å². The molecule has 0 saturated heterocycles. The minimum atomic E-state index is -0.392. The van der Waals surface area contributed by atoms with Crippen LogP contribution in [0.1, 0.15) is 43.5 Å². The summed E-state index contributed by atoms with van der Waals surface area (Å²) in [5.41, 5.74) is 2.32. The molecule has 112 valence electrons. The number of aryl methyl sites for hydroxylation is 1. The summed E-state index contributed by atoms with van der Waals surface area (Å²) in [6.45, 7) is 5.91. The van der Waals surface area contributed by atoms with Crippen LogP contribution in [0.15, 0.2) is 36.7 Å². The molecule has 2 unspecified atom stereocenters. The largest absolute Gasteiger partial charge is 0.347 e. The molecular weight excluding hydrogens is 286 g/mol. The summed E-state index contributed by atoms with van der Waals surface area (Å²) in [5, 5.41) is 7.67. The first-order valence-electron chi connectivity index (χ1n) is 7.08. The number of amides is 1. The zero-order valence-electron chi connectivity index (χ0n) is 12.5. The van der Waals surface area contributed by atoms with E-state index in [0.717, 1.165) is 12.0 Å².